The smallest absolute Gasteiger partial charge is 0.422 e. The lowest BCUT2D eigenvalue weighted by Gasteiger charge is -2.14. The van der Waals surface area contributed by atoms with E-state index in [1.807, 2.05) is 0 Å². The second-order valence-electron chi connectivity index (χ2n) is 5.77. The molecule has 0 spiro atoms. The number of sulfone groups is 1. The Labute approximate surface area is 158 Å². The maximum atomic E-state index is 12.9. The molecule has 6 nitrogen and oxygen atoms in total. The number of carbonyl (C=O) groups is 1. The van der Waals surface area contributed by atoms with Crippen molar-refractivity contribution >= 4 is 15.7 Å². The molecule has 0 saturated carbocycles. The summed E-state index contributed by atoms with van der Waals surface area (Å²) in [6.45, 7) is -0.478. The first-order valence-electron chi connectivity index (χ1n) is 7.91. The van der Waals surface area contributed by atoms with Gasteiger partial charge in [0.15, 0.2) is 16.4 Å². The standard InChI is InChI=1S/C17H16F4N2O4S/c1-11(28(25,26)14-4-2-13(18)3-5-14)16(24)23-9-12-6-7-22-15(8-12)27-10-17(19,20)21/h2-8,11H,9-10H2,1H3,(H,23,24). The Hall–Kier alpha value is -2.69. The van der Waals surface area contributed by atoms with Crippen LogP contribution in [0.5, 0.6) is 5.88 Å². The highest BCUT2D eigenvalue weighted by Crippen LogP contribution is 2.19. The van der Waals surface area contributed by atoms with Crippen LogP contribution >= 0.6 is 0 Å². The summed E-state index contributed by atoms with van der Waals surface area (Å²) >= 11 is 0. The predicted octanol–water partition coefficient (Wildman–Crippen LogP) is 2.64. The molecule has 0 aliphatic carbocycles. The third-order valence-corrected chi connectivity index (χ3v) is 5.70. The van der Waals surface area contributed by atoms with Gasteiger partial charge >= 0.3 is 6.18 Å². The van der Waals surface area contributed by atoms with Gasteiger partial charge in [-0.25, -0.2) is 17.8 Å². The van der Waals surface area contributed by atoms with E-state index >= 15 is 0 Å². The third-order valence-electron chi connectivity index (χ3n) is 3.63. The van der Waals surface area contributed by atoms with Gasteiger partial charge in [-0.1, -0.05) is 0 Å². The summed E-state index contributed by atoms with van der Waals surface area (Å²) in [5.74, 6) is -1.72. The molecule has 1 amide bonds. The number of benzene rings is 1. The fourth-order valence-electron chi connectivity index (χ4n) is 2.10. The topological polar surface area (TPSA) is 85.4 Å². The van der Waals surface area contributed by atoms with Crippen LogP contribution in [0.25, 0.3) is 0 Å². The quantitative estimate of drug-likeness (QED) is 0.550. The van der Waals surface area contributed by atoms with Crippen LogP contribution in [0.1, 0.15) is 12.5 Å². The molecule has 2 aromatic rings. The van der Waals surface area contributed by atoms with E-state index in [0.29, 0.717) is 5.56 Å². The normalized spacial score (nSPS) is 13.0. The molecule has 1 unspecified atom stereocenters. The van der Waals surface area contributed by atoms with Gasteiger partial charge in [0.25, 0.3) is 0 Å². The van der Waals surface area contributed by atoms with Crippen molar-refractivity contribution in [3.8, 4) is 5.88 Å². The largest absolute Gasteiger partial charge is 0.468 e. The van der Waals surface area contributed by atoms with Gasteiger partial charge in [0.05, 0.1) is 4.90 Å². The molecule has 1 N–H and O–H groups in total. The minimum absolute atomic E-state index is 0.146. The zero-order chi connectivity index (χ0) is 20.9. The van der Waals surface area contributed by atoms with E-state index in [4.69, 9.17) is 0 Å². The van der Waals surface area contributed by atoms with Gasteiger partial charge in [0.2, 0.25) is 11.8 Å². The number of hydrogen-bond acceptors (Lipinski definition) is 5. The van der Waals surface area contributed by atoms with Gasteiger partial charge in [-0.3, -0.25) is 4.79 Å². The van der Waals surface area contributed by atoms with Crippen LogP contribution in [-0.4, -0.2) is 37.3 Å². The number of ether oxygens (including phenoxy) is 1. The molecule has 152 valence electrons. The van der Waals surface area contributed by atoms with E-state index in [-0.39, 0.29) is 17.3 Å². The summed E-state index contributed by atoms with van der Waals surface area (Å²) in [6, 6.07) is 6.68. The second-order valence-corrected chi connectivity index (χ2v) is 8.03. The minimum Gasteiger partial charge on any atom is -0.468 e. The Balaban J connectivity index is 2.00. The molecule has 0 bridgehead atoms. The molecule has 0 saturated heterocycles. The summed E-state index contributed by atoms with van der Waals surface area (Å²) in [5, 5.41) is 0.930. The van der Waals surface area contributed by atoms with Crippen LogP contribution in [0.2, 0.25) is 0 Å². The maximum absolute atomic E-state index is 12.9. The summed E-state index contributed by atoms with van der Waals surface area (Å²) < 4.78 is 78.8. The molecule has 1 heterocycles. The number of carbonyl (C=O) groups excluding carboxylic acids is 1. The summed E-state index contributed by atoms with van der Waals surface area (Å²) in [5.41, 5.74) is 0.368. The number of alkyl halides is 3. The van der Waals surface area contributed by atoms with Crippen molar-refractivity contribution in [1.82, 2.24) is 10.3 Å². The van der Waals surface area contributed by atoms with Gasteiger partial charge in [-0.05, 0) is 42.8 Å². The number of nitrogens with one attached hydrogen (secondary N) is 1. The van der Waals surface area contributed by atoms with E-state index in [9.17, 15) is 30.8 Å². The lowest BCUT2D eigenvalue weighted by atomic mass is 10.2. The van der Waals surface area contributed by atoms with Crippen LogP contribution in [-0.2, 0) is 21.2 Å². The molecule has 1 atom stereocenters. The number of hydrogen-bond donors (Lipinski definition) is 1. The number of rotatable bonds is 7. The Bertz CT molecular complexity index is 931. The molecule has 11 heteroatoms. The molecule has 28 heavy (non-hydrogen) atoms. The first-order valence-corrected chi connectivity index (χ1v) is 9.45. The average molecular weight is 420 g/mol. The Morgan fingerprint density at radius 2 is 1.86 bits per heavy atom. The SMILES string of the molecule is CC(C(=O)NCc1ccnc(OCC(F)(F)F)c1)S(=O)(=O)c1ccc(F)cc1. The molecule has 1 aromatic heterocycles. The summed E-state index contributed by atoms with van der Waals surface area (Å²) in [7, 11) is -4.03. The van der Waals surface area contributed by atoms with Crippen molar-refractivity contribution in [2.24, 2.45) is 0 Å². The Morgan fingerprint density at radius 1 is 1.21 bits per heavy atom. The average Bonchev–Trinajstić information content (AvgIpc) is 2.64. The van der Waals surface area contributed by atoms with Gasteiger partial charge < -0.3 is 10.1 Å². The number of halogens is 4. The van der Waals surface area contributed by atoms with E-state index in [1.165, 1.54) is 25.3 Å². The molecule has 0 aliphatic rings. The fraction of sp³-hybridized carbons (Fsp3) is 0.294. The van der Waals surface area contributed by atoms with Crippen LogP contribution in [0.4, 0.5) is 17.6 Å². The van der Waals surface area contributed by atoms with Gasteiger partial charge in [0, 0.05) is 18.8 Å². The van der Waals surface area contributed by atoms with Crippen molar-refractivity contribution < 1.29 is 35.5 Å². The van der Waals surface area contributed by atoms with E-state index in [0.717, 1.165) is 24.3 Å². The Morgan fingerprint density at radius 3 is 2.46 bits per heavy atom. The van der Waals surface area contributed by atoms with Gasteiger partial charge in [-0.15, -0.1) is 0 Å². The number of amides is 1. The van der Waals surface area contributed by atoms with Crippen molar-refractivity contribution in [3.63, 3.8) is 0 Å². The van der Waals surface area contributed by atoms with Crippen molar-refractivity contribution in [2.45, 2.75) is 29.8 Å². The first kappa shape index (κ1) is 21.6. The van der Waals surface area contributed by atoms with E-state index in [2.05, 4.69) is 15.0 Å². The first-order chi connectivity index (χ1) is 13.0. The molecule has 1 aromatic carbocycles. The lowest BCUT2D eigenvalue weighted by Crippen LogP contribution is -2.37. The summed E-state index contributed by atoms with van der Waals surface area (Å²) in [6.07, 6.45) is -3.32. The van der Waals surface area contributed by atoms with Crippen molar-refractivity contribution in [2.75, 3.05) is 6.61 Å². The molecule has 0 fully saturated rings. The molecular formula is C17H16F4N2O4S. The molecule has 0 radical (unpaired) electrons. The van der Waals surface area contributed by atoms with E-state index in [1.54, 1.807) is 0 Å². The monoisotopic (exact) mass is 420 g/mol. The van der Waals surface area contributed by atoms with Crippen molar-refractivity contribution in [1.29, 1.82) is 0 Å². The number of nitrogens with zero attached hydrogens (tertiary/aromatic N) is 1. The highest BCUT2D eigenvalue weighted by Gasteiger charge is 2.30. The second kappa shape index (κ2) is 8.55. The number of aromatic nitrogens is 1. The zero-order valence-corrected chi connectivity index (χ0v) is 15.3. The number of pyridine rings is 1. The summed E-state index contributed by atoms with van der Waals surface area (Å²) in [4.78, 5) is 15.6. The third kappa shape index (κ3) is 5.91. The van der Waals surface area contributed by atoms with Crippen LogP contribution in [0.15, 0.2) is 47.5 Å². The van der Waals surface area contributed by atoms with Gasteiger partial charge in [-0.2, -0.15) is 13.2 Å². The van der Waals surface area contributed by atoms with Crippen LogP contribution < -0.4 is 10.1 Å². The fourth-order valence-corrected chi connectivity index (χ4v) is 3.39. The highest BCUT2D eigenvalue weighted by molar-refractivity contribution is 7.92. The predicted molar refractivity (Wildman–Crippen MR) is 90.7 cm³/mol. The van der Waals surface area contributed by atoms with Crippen LogP contribution in [0.3, 0.4) is 0 Å². The minimum atomic E-state index is -4.52. The van der Waals surface area contributed by atoms with Gasteiger partial charge in [0.1, 0.15) is 11.1 Å². The van der Waals surface area contributed by atoms with Crippen molar-refractivity contribution in [3.05, 3.63) is 54.0 Å². The van der Waals surface area contributed by atoms with Crippen LogP contribution in [0, 0.1) is 5.82 Å². The molecule has 0 aliphatic heterocycles. The Kier molecular flexibility index (Phi) is 6.60. The molecule has 2 rings (SSSR count). The lowest BCUT2D eigenvalue weighted by molar-refractivity contribution is -0.154. The van der Waals surface area contributed by atoms with E-state index < -0.39 is 39.6 Å². The zero-order valence-electron chi connectivity index (χ0n) is 14.5. The molecular weight excluding hydrogens is 404 g/mol. The highest BCUT2D eigenvalue weighted by atomic mass is 32.2. The maximum Gasteiger partial charge on any atom is 0.422 e.